The third-order valence-electron chi connectivity index (χ3n) is 4.85. The molecule has 2 aliphatic rings. The van der Waals surface area contributed by atoms with Gasteiger partial charge in [0.1, 0.15) is 0 Å². The zero-order valence-corrected chi connectivity index (χ0v) is 11.8. The van der Waals surface area contributed by atoms with Gasteiger partial charge < -0.3 is 10.1 Å². The molecule has 1 aliphatic carbocycles. The van der Waals surface area contributed by atoms with Gasteiger partial charge in [-0.3, -0.25) is 0 Å². The van der Waals surface area contributed by atoms with Crippen molar-refractivity contribution in [3.05, 3.63) is 0 Å². The van der Waals surface area contributed by atoms with Crippen molar-refractivity contribution in [2.75, 3.05) is 26.8 Å². The molecule has 0 bridgehead atoms. The molecule has 2 nitrogen and oxygen atoms in total. The zero-order valence-electron chi connectivity index (χ0n) is 11.8. The normalized spacial score (nSPS) is 37.9. The van der Waals surface area contributed by atoms with Crippen molar-refractivity contribution in [1.82, 2.24) is 5.32 Å². The number of hydrogen-bond donors (Lipinski definition) is 1. The molecule has 17 heavy (non-hydrogen) atoms. The van der Waals surface area contributed by atoms with E-state index >= 15 is 0 Å². The summed E-state index contributed by atoms with van der Waals surface area (Å²) >= 11 is 0. The van der Waals surface area contributed by atoms with Crippen LogP contribution in [0.15, 0.2) is 0 Å². The summed E-state index contributed by atoms with van der Waals surface area (Å²) in [4.78, 5) is 0. The molecule has 2 rings (SSSR count). The smallest absolute Gasteiger partial charge is 0.0497 e. The van der Waals surface area contributed by atoms with E-state index in [-0.39, 0.29) is 0 Å². The highest BCUT2D eigenvalue weighted by Crippen LogP contribution is 2.46. The van der Waals surface area contributed by atoms with Gasteiger partial charge in [0.2, 0.25) is 0 Å². The summed E-state index contributed by atoms with van der Waals surface area (Å²) < 4.78 is 5.71. The summed E-state index contributed by atoms with van der Waals surface area (Å²) in [7, 11) is 2.09. The van der Waals surface area contributed by atoms with E-state index in [0.29, 0.717) is 5.41 Å². The van der Waals surface area contributed by atoms with Crippen LogP contribution < -0.4 is 5.32 Å². The van der Waals surface area contributed by atoms with Gasteiger partial charge in [-0.2, -0.15) is 0 Å². The Hall–Kier alpha value is -0.0800. The van der Waals surface area contributed by atoms with Gasteiger partial charge in [-0.05, 0) is 68.9 Å². The number of hydrogen-bond acceptors (Lipinski definition) is 2. The van der Waals surface area contributed by atoms with E-state index < -0.39 is 0 Å². The fourth-order valence-electron chi connectivity index (χ4n) is 3.87. The van der Waals surface area contributed by atoms with Crippen molar-refractivity contribution in [3.63, 3.8) is 0 Å². The van der Waals surface area contributed by atoms with E-state index in [2.05, 4.69) is 26.2 Å². The lowest BCUT2D eigenvalue weighted by Gasteiger charge is -2.45. The van der Waals surface area contributed by atoms with Crippen LogP contribution in [0.3, 0.4) is 0 Å². The van der Waals surface area contributed by atoms with Gasteiger partial charge in [0, 0.05) is 13.2 Å². The molecule has 1 saturated heterocycles. The summed E-state index contributed by atoms with van der Waals surface area (Å²) in [6, 6.07) is 0. The maximum atomic E-state index is 5.71. The molecule has 0 spiro atoms. The summed E-state index contributed by atoms with van der Waals surface area (Å²) in [6.45, 7) is 8.08. The van der Waals surface area contributed by atoms with Crippen LogP contribution in [-0.4, -0.2) is 26.8 Å². The molecule has 100 valence electrons. The average Bonchev–Trinajstić information content (AvgIpc) is 2.32. The van der Waals surface area contributed by atoms with Crippen LogP contribution in [0.4, 0.5) is 0 Å². The van der Waals surface area contributed by atoms with E-state index in [1.54, 1.807) is 0 Å². The summed E-state index contributed by atoms with van der Waals surface area (Å²) in [5.41, 5.74) is 0.548. The topological polar surface area (TPSA) is 21.3 Å². The number of rotatable bonds is 3. The van der Waals surface area contributed by atoms with Crippen LogP contribution in [0, 0.1) is 23.2 Å². The van der Waals surface area contributed by atoms with Gasteiger partial charge in [0.05, 0.1) is 0 Å². The van der Waals surface area contributed by atoms with Crippen LogP contribution in [-0.2, 0) is 4.74 Å². The predicted molar refractivity (Wildman–Crippen MR) is 72.1 cm³/mol. The quantitative estimate of drug-likeness (QED) is 0.817. The Morgan fingerprint density at radius 2 is 2.12 bits per heavy atom. The van der Waals surface area contributed by atoms with Gasteiger partial charge in [-0.15, -0.1) is 0 Å². The monoisotopic (exact) mass is 239 g/mol. The van der Waals surface area contributed by atoms with Gasteiger partial charge in [-0.25, -0.2) is 0 Å². The third kappa shape index (κ3) is 3.45. The molecule has 0 amide bonds. The Labute approximate surface area is 107 Å². The van der Waals surface area contributed by atoms with Crippen LogP contribution in [0.5, 0.6) is 0 Å². The highest BCUT2D eigenvalue weighted by atomic mass is 16.5. The van der Waals surface area contributed by atoms with E-state index in [1.165, 1.54) is 38.6 Å². The first-order valence-corrected chi connectivity index (χ1v) is 7.35. The van der Waals surface area contributed by atoms with Gasteiger partial charge >= 0.3 is 0 Å². The maximum absolute atomic E-state index is 5.71. The first-order valence-electron chi connectivity index (χ1n) is 7.35. The minimum Gasteiger partial charge on any atom is -0.381 e. The Morgan fingerprint density at radius 3 is 2.76 bits per heavy atom. The van der Waals surface area contributed by atoms with Crippen molar-refractivity contribution in [2.24, 2.45) is 23.2 Å². The molecular weight excluding hydrogens is 210 g/mol. The Balaban J connectivity index is 2.01. The van der Waals surface area contributed by atoms with Crippen LogP contribution >= 0.6 is 0 Å². The lowest BCUT2D eigenvalue weighted by atomic mass is 9.62. The molecule has 3 atom stereocenters. The van der Waals surface area contributed by atoms with E-state index in [4.69, 9.17) is 4.74 Å². The molecule has 3 unspecified atom stereocenters. The average molecular weight is 239 g/mol. The van der Waals surface area contributed by atoms with Gasteiger partial charge in [0.25, 0.3) is 0 Å². The van der Waals surface area contributed by atoms with Crippen LogP contribution in [0.25, 0.3) is 0 Å². The van der Waals surface area contributed by atoms with E-state index in [9.17, 15) is 0 Å². The Kier molecular flexibility index (Phi) is 4.48. The fourth-order valence-corrected chi connectivity index (χ4v) is 3.87. The first kappa shape index (κ1) is 13.4. The summed E-state index contributed by atoms with van der Waals surface area (Å²) in [5.74, 6) is 2.58. The standard InChI is InChI=1S/C15H29NO/c1-15(2)7-6-12(10-16-3)14(9-15)13-5-4-8-17-11-13/h12-14,16H,4-11H2,1-3H3. The third-order valence-corrected chi connectivity index (χ3v) is 4.85. The highest BCUT2D eigenvalue weighted by Gasteiger charge is 2.38. The minimum atomic E-state index is 0.548. The van der Waals surface area contributed by atoms with Crippen LogP contribution in [0.2, 0.25) is 0 Å². The van der Waals surface area contributed by atoms with Crippen molar-refractivity contribution in [3.8, 4) is 0 Å². The van der Waals surface area contributed by atoms with Crippen molar-refractivity contribution in [2.45, 2.75) is 46.0 Å². The number of ether oxygens (including phenoxy) is 1. The second-order valence-corrected chi connectivity index (χ2v) is 6.87. The molecule has 0 aromatic heterocycles. The van der Waals surface area contributed by atoms with Crippen LogP contribution in [0.1, 0.15) is 46.0 Å². The predicted octanol–water partition coefficient (Wildman–Crippen LogP) is 3.07. The molecular formula is C15H29NO. The lowest BCUT2D eigenvalue weighted by Crippen LogP contribution is -2.41. The minimum absolute atomic E-state index is 0.548. The highest BCUT2D eigenvalue weighted by molar-refractivity contribution is 4.89. The van der Waals surface area contributed by atoms with Gasteiger partial charge in [-0.1, -0.05) is 13.8 Å². The molecule has 1 N–H and O–H groups in total. The summed E-state index contributed by atoms with van der Waals surface area (Å²) in [6.07, 6.45) is 6.85. The molecule has 1 aliphatic heterocycles. The maximum Gasteiger partial charge on any atom is 0.0497 e. The lowest BCUT2D eigenvalue weighted by molar-refractivity contribution is -0.0147. The summed E-state index contributed by atoms with van der Waals surface area (Å²) in [5, 5.41) is 3.39. The molecule has 1 saturated carbocycles. The molecule has 0 aromatic carbocycles. The zero-order chi connectivity index (χ0) is 12.3. The van der Waals surface area contributed by atoms with Crippen molar-refractivity contribution in [1.29, 1.82) is 0 Å². The first-order chi connectivity index (χ1) is 8.12. The SMILES string of the molecule is CNCC1CCC(C)(C)CC1C1CCCOC1. The Bertz CT molecular complexity index is 228. The van der Waals surface area contributed by atoms with Crippen molar-refractivity contribution < 1.29 is 4.74 Å². The molecule has 0 aromatic rings. The molecule has 0 radical (unpaired) electrons. The van der Waals surface area contributed by atoms with Crippen molar-refractivity contribution >= 4 is 0 Å². The second kappa shape index (κ2) is 5.71. The molecule has 1 heterocycles. The Morgan fingerprint density at radius 1 is 1.29 bits per heavy atom. The van der Waals surface area contributed by atoms with Gasteiger partial charge in [0.15, 0.2) is 0 Å². The number of nitrogens with one attached hydrogen (secondary N) is 1. The molecule has 2 heteroatoms. The van der Waals surface area contributed by atoms with E-state index in [0.717, 1.165) is 31.0 Å². The van der Waals surface area contributed by atoms with E-state index in [1.807, 2.05) is 0 Å². The molecule has 2 fully saturated rings. The second-order valence-electron chi connectivity index (χ2n) is 6.87. The largest absolute Gasteiger partial charge is 0.381 e. The fraction of sp³-hybridized carbons (Fsp3) is 1.00.